The van der Waals surface area contributed by atoms with Gasteiger partial charge in [-0.2, -0.15) is 0 Å². The summed E-state index contributed by atoms with van der Waals surface area (Å²) in [7, 11) is 0. The number of rotatable bonds is 3. The predicted molar refractivity (Wildman–Crippen MR) is 124 cm³/mol. The number of nitrogens with one attached hydrogen (secondary N) is 3. The molecule has 2 amide bonds. The first kappa shape index (κ1) is 20.4. The number of fused-ring (bicyclic) bond motifs is 2. The lowest BCUT2D eigenvalue weighted by Gasteiger charge is -2.10. The number of nitrogens with zero attached hydrogens (tertiary/aromatic N) is 2. The second-order valence-electron chi connectivity index (χ2n) is 7.13. The van der Waals surface area contributed by atoms with E-state index in [1.54, 1.807) is 48.5 Å². The van der Waals surface area contributed by atoms with Gasteiger partial charge in [-0.25, -0.2) is 0 Å². The molecule has 5 N–H and O–H groups in total. The lowest BCUT2D eigenvalue weighted by Crippen LogP contribution is -2.29. The van der Waals surface area contributed by atoms with Gasteiger partial charge in [0.1, 0.15) is 0 Å². The van der Waals surface area contributed by atoms with Gasteiger partial charge in [0.2, 0.25) is 0 Å². The lowest BCUT2D eigenvalue weighted by molar-refractivity contribution is -0.132. The predicted octanol–water partition coefficient (Wildman–Crippen LogP) is 4.12. The van der Waals surface area contributed by atoms with Gasteiger partial charge in [-0.3, -0.25) is 24.4 Å². The molecule has 0 fully saturated rings. The van der Waals surface area contributed by atoms with E-state index in [0.717, 1.165) is 11.4 Å². The molecule has 9 heteroatoms. The van der Waals surface area contributed by atoms with Crippen LogP contribution >= 0.6 is 11.8 Å². The second-order valence-corrected chi connectivity index (χ2v) is 7.32. The normalized spacial score (nSPS) is 10.8. The van der Waals surface area contributed by atoms with Crippen LogP contribution < -0.4 is 21.2 Å². The van der Waals surface area contributed by atoms with Gasteiger partial charge in [-0.05, 0) is 62.4 Å². The van der Waals surface area contributed by atoms with Crippen LogP contribution in [0.3, 0.4) is 0 Å². The molecule has 0 bridgehead atoms. The van der Waals surface area contributed by atoms with E-state index in [9.17, 15) is 9.59 Å². The van der Waals surface area contributed by atoms with Gasteiger partial charge in [-0.15, -0.1) is 0 Å². The number of carbonyl (C=O) groups is 2. The number of hydrogen-bond acceptors (Lipinski definition) is 6. The van der Waals surface area contributed by atoms with Crippen LogP contribution in [0.25, 0.3) is 21.8 Å². The Kier molecular flexibility index (Phi) is 5.31. The summed E-state index contributed by atoms with van der Waals surface area (Å²) < 4.78 is 0. The third-order valence-electron chi connectivity index (χ3n) is 4.73. The van der Waals surface area contributed by atoms with Crippen LogP contribution in [0.15, 0.2) is 48.5 Å². The monoisotopic (exact) mass is 434 g/mol. The van der Waals surface area contributed by atoms with Gasteiger partial charge in [0.05, 0.1) is 16.7 Å². The van der Waals surface area contributed by atoms with Gasteiger partial charge in [0.25, 0.3) is 0 Å². The van der Waals surface area contributed by atoms with Gasteiger partial charge in [0.15, 0.2) is 0 Å². The first-order chi connectivity index (χ1) is 14.8. The Bertz CT molecular complexity index is 1360. The smallest absolute Gasteiger partial charge is 0.314 e. The molecule has 0 atom stereocenters. The zero-order valence-corrected chi connectivity index (χ0v) is 17.5. The van der Waals surface area contributed by atoms with E-state index in [0.29, 0.717) is 44.6 Å². The van der Waals surface area contributed by atoms with Crippen molar-refractivity contribution in [3.63, 3.8) is 0 Å². The number of aryl methyl sites for hydroxylation is 2. The Hall–Kier alpha value is -3.91. The van der Waals surface area contributed by atoms with Crippen LogP contribution in [0.4, 0.5) is 22.7 Å². The molecule has 4 aromatic rings. The van der Waals surface area contributed by atoms with Crippen molar-refractivity contribution in [1.29, 1.82) is 0 Å². The molecule has 0 aliphatic rings. The molecular weight excluding hydrogens is 416 g/mol. The minimum Gasteiger partial charge on any atom is -0.398 e. The number of pyridine rings is 2. The maximum absolute atomic E-state index is 12.4. The summed E-state index contributed by atoms with van der Waals surface area (Å²) in [4.78, 5) is 36.2. The molecular formula is C22H19ClN6O2. The van der Waals surface area contributed by atoms with E-state index in [4.69, 9.17) is 17.5 Å². The SMILES string of the molecule is Cc1cc(N)c2cc(NC(=O)C(=O)Nc3ccc4nc(C)cc(NCl)c4c3)ccc2n1. The maximum Gasteiger partial charge on any atom is 0.314 e. The van der Waals surface area contributed by atoms with Crippen molar-refractivity contribution in [1.82, 2.24) is 9.97 Å². The summed E-state index contributed by atoms with van der Waals surface area (Å²) in [6.45, 7) is 3.71. The summed E-state index contributed by atoms with van der Waals surface area (Å²) in [5.41, 5.74) is 11.2. The Morgan fingerprint density at radius 3 is 1.90 bits per heavy atom. The average Bonchev–Trinajstić information content (AvgIpc) is 2.73. The van der Waals surface area contributed by atoms with Crippen LogP contribution in [-0.2, 0) is 9.59 Å². The molecule has 0 aliphatic carbocycles. The Morgan fingerprint density at radius 2 is 1.32 bits per heavy atom. The Balaban J connectivity index is 1.53. The van der Waals surface area contributed by atoms with Crippen molar-refractivity contribution in [3.05, 3.63) is 59.9 Å². The topological polar surface area (TPSA) is 122 Å². The fourth-order valence-electron chi connectivity index (χ4n) is 3.36. The number of hydrogen-bond donors (Lipinski definition) is 4. The van der Waals surface area contributed by atoms with Crippen LogP contribution in [0.5, 0.6) is 0 Å². The quantitative estimate of drug-likeness (QED) is 0.284. The standard InChI is InChI=1S/C22H19ClN6O2/c1-11-7-17(24)15-9-13(3-5-18(15)25-11)27-21(30)22(31)28-14-4-6-19-16(10-14)20(29-23)8-12(2)26-19/h3-10H,1-2H3,(H2,24,25)(H,26,29)(H,27,30)(H,28,31). The van der Waals surface area contributed by atoms with E-state index >= 15 is 0 Å². The first-order valence-electron chi connectivity index (χ1n) is 9.41. The Morgan fingerprint density at radius 1 is 0.806 bits per heavy atom. The molecule has 0 aliphatic heterocycles. The molecule has 31 heavy (non-hydrogen) atoms. The van der Waals surface area contributed by atoms with Gasteiger partial charge in [0, 0.05) is 51.0 Å². The van der Waals surface area contributed by atoms with Gasteiger partial charge >= 0.3 is 11.8 Å². The molecule has 2 aromatic carbocycles. The van der Waals surface area contributed by atoms with Crippen LogP contribution in [0, 0.1) is 13.8 Å². The number of aromatic nitrogens is 2. The molecule has 0 saturated heterocycles. The number of anilines is 4. The molecule has 4 rings (SSSR count). The summed E-state index contributed by atoms with van der Waals surface area (Å²) in [5, 5.41) is 6.58. The van der Waals surface area contributed by atoms with Crippen molar-refractivity contribution in [2.24, 2.45) is 0 Å². The average molecular weight is 435 g/mol. The van der Waals surface area contributed by atoms with Crippen LogP contribution in [-0.4, -0.2) is 21.8 Å². The van der Waals surface area contributed by atoms with E-state index < -0.39 is 11.8 Å². The zero-order valence-electron chi connectivity index (χ0n) is 16.8. The maximum atomic E-state index is 12.4. The fraction of sp³-hybridized carbons (Fsp3) is 0.0909. The lowest BCUT2D eigenvalue weighted by atomic mass is 10.1. The number of amides is 2. The number of carbonyl (C=O) groups excluding carboxylic acids is 2. The van der Waals surface area contributed by atoms with Crippen molar-refractivity contribution in [2.75, 3.05) is 21.2 Å². The van der Waals surface area contributed by atoms with E-state index in [-0.39, 0.29) is 0 Å². The summed E-state index contributed by atoms with van der Waals surface area (Å²) in [6, 6.07) is 13.7. The summed E-state index contributed by atoms with van der Waals surface area (Å²) >= 11 is 5.80. The number of nitrogens with two attached hydrogens (primary N) is 1. The zero-order chi connectivity index (χ0) is 22.1. The largest absolute Gasteiger partial charge is 0.398 e. The van der Waals surface area contributed by atoms with Crippen molar-refractivity contribution in [2.45, 2.75) is 13.8 Å². The minimum atomic E-state index is -0.810. The third-order valence-corrected chi connectivity index (χ3v) is 4.93. The molecule has 0 radical (unpaired) electrons. The highest BCUT2D eigenvalue weighted by Crippen LogP contribution is 2.27. The summed E-state index contributed by atoms with van der Waals surface area (Å²) in [6.07, 6.45) is 0. The van der Waals surface area contributed by atoms with Crippen molar-refractivity contribution < 1.29 is 9.59 Å². The fourth-order valence-corrected chi connectivity index (χ4v) is 3.51. The molecule has 0 saturated carbocycles. The highest BCUT2D eigenvalue weighted by molar-refractivity contribution is 6.43. The molecule has 156 valence electrons. The molecule has 8 nitrogen and oxygen atoms in total. The molecule has 0 unspecified atom stereocenters. The highest BCUT2D eigenvalue weighted by Gasteiger charge is 2.15. The number of benzene rings is 2. The van der Waals surface area contributed by atoms with Crippen molar-refractivity contribution >= 4 is 68.1 Å². The van der Waals surface area contributed by atoms with E-state index in [2.05, 4.69) is 25.4 Å². The molecule has 2 heterocycles. The van der Waals surface area contributed by atoms with Crippen LogP contribution in [0.2, 0.25) is 0 Å². The van der Waals surface area contributed by atoms with Crippen molar-refractivity contribution in [3.8, 4) is 0 Å². The summed E-state index contributed by atoms with van der Waals surface area (Å²) in [5.74, 6) is -1.62. The van der Waals surface area contributed by atoms with E-state index in [1.165, 1.54) is 0 Å². The number of halogens is 1. The number of nitrogen functional groups attached to an aromatic ring is 1. The Labute approximate surface area is 182 Å². The highest BCUT2D eigenvalue weighted by atomic mass is 35.5. The van der Waals surface area contributed by atoms with Gasteiger partial charge < -0.3 is 16.4 Å². The first-order valence-corrected chi connectivity index (χ1v) is 9.79. The van der Waals surface area contributed by atoms with E-state index in [1.807, 2.05) is 13.8 Å². The third kappa shape index (κ3) is 4.19. The van der Waals surface area contributed by atoms with Crippen LogP contribution in [0.1, 0.15) is 11.4 Å². The van der Waals surface area contributed by atoms with Gasteiger partial charge in [-0.1, -0.05) is 0 Å². The second kappa shape index (κ2) is 8.08. The molecule has 0 spiro atoms. The molecule has 2 aromatic heterocycles. The minimum absolute atomic E-state index is 0.439.